The molecule has 0 bridgehead atoms. The van der Waals surface area contributed by atoms with E-state index >= 15 is 0 Å². The molecule has 0 aliphatic heterocycles. The molecule has 0 spiro atoms. The number of fused-ring (bicyclic) bond motifs is 7. The van der Waals surface area contributed by atoms with E-state index in [9.17, 15) is 33.3 Å². The third kappa shape index (κ3) is 10.1. The normalized spacial score (nSPS) is 12.0. The summed E-state index contributed by atoms with van der Waals surface area (Å²) >= 11 is 6.25. The Morgan fingerprint density at radius 1 is 0.517 bits per heavy atom. The minimum Gasteiger partial charge on any atom is -0.302 e. The van der Waals surface area contributed by atoms with E-state index < -0.39 is 22.6 Å². The van der Waals surface area contributed by atoms with Crippen molar-refractivity contribution in [3.8, 4) is 33.0 Å². The SMILES string of the molecule is Cc1ccc(N(c2ccc(CCc3ccc(N(c4ccc(C)cc4)c4ccc(-c5cc6c(cc(N=C(C#N)C#N)c7nsnc76)c6nsnc56)s4)cc3)cc2)c2ccc(-c3cnc(/N=c4\c(=O)c(=O)c5cc(C(F)(F)F)ccc45)c4nsnc34)s2)cc1. The number of aliphatic imine (C=N–C) groups is 1. The number of rotatable bonds is 13. The van der Waals surface area contributed by atoms with Gasteiger partial charge in [0, 0.05) is 71.4 Å². The lowest BCUT2D eigenvalue weighted by atomic mass is 10.0. The van der Waals surface area contributed by atoms with E-state index in [1.54, 1.807) is 23.6 Å². The van der Waals surface area contributed by atoms with Gasteiger partial charge in [0.25, 0.3) is 5.43 Å². The largest absolute Gasteiger partial charge is 0.416 e. The number of halogens is 3. The molecule has 6 aromatic heterocycles. The van der Waals surface area contributed by atoms with Crippen molar-refractivity contribution in [3.05, 3.63) is 211 Å². The zero-order valence-corrected chi connectivity index (χ0v) is 49.3. The number of aryl methyl sites for hydroxylation is 4. The van der Waals surface area contributed by atoms with Crippen LogP contribution < -0.4 is 26.0 Å². The quantitative estimate of drug-likeness (QED) is 0.0780. The number of benzene rings is 7. The maximum absolute atomic E-state index is 13.5. The molecule has 8 aromatic carbocycles. The Morgan fingerprint density at radius 3 is 1.55 bits per heavy atom. The van der Waals surface area contributed by atoms with Crippen molar-refractivity contribution < 1.29 is 13.2 Å². The first kappa shape index (κ1) is 54.8. The van der Waals surface area contributed by atoms with E-state index in [-0.39, 0.29) is 33.2 Å². The Morgan fingerprint density at radius 2 is 1.00 bits per heavy atom. The van der Waals surface area contributed by atoms with Gasteiger partial charge in [-0.2, -0.15) is 49.9 Å². The van der Waals surface area contributed by atoms with Crippen molar-refractivity contribution in [1.29, 1.82) is 10.5 Å². The highest BCUT2D eigenvalue weighted by molar-refractivity contribution is 7.20. The molecule has 14 aromatic rings. The first-order valence-corrected chi connectivity index (χ1v) is 30.5. The molecule has 0 unspecified atom stereocenters. The molecular formula is C64H36F3N13O2S5. The molecule has 87 heavy (non-hydrogen) atoms. The summed E-state index contributed by atoms with van der Waals surface area (Å²) < 4.78 is 68.1. The summed E-state index contributed by atoms with van der Waals surface area (Å²) in [5, 5.41) is 21.8. The molecule has 6 heterocycles. The van der Waals surface area contributed by atoms with Gasteiger partial charge < -0.3 is 9.80 Å². The number of nitriles is 2. The van der Waals surface area contributed by atoms with Gasteiger partial charge in [-0.3, -0.25) is 9.59 Å². The summed E-state index contributed by atoms with van der Waals surface area (Å²) in [7, 11) is 0. The number of alkyl halides is 3. The van der Waals surface area contributed by atoms with Crippen LogP contribution in [-0.2, 0) is 19.0 Å². The standard InChI is InChI=1S/C64H36F3N13O2S5/c1-33-3-14-39(15-4-33)79(52-25-23-50(83-52)47-28-44-45(54-56(47)75-85-73-54)29-49(71-38(30-68)31-69)59-55(44)74-86-77-59)41-18-9-35(10-19-41)7-8-36-11-20-42(21-12-36)80(40-16-5-34(2)6-17-40)53-26-24-51(84-53)48-32-70-63(60-57(48)76-87-78-60)72-58-43-22-13-37(64(65,66)67)27-46(43)61(81)62(58)82/h3-6,9-29,32H,7-8H2,1-2H3/b72-58-. The summed E-state index contributed by atoms with van der Waals surface area (Å²) in [6.45, 7) is 4.12. The maximum atomic E-state index is 13.5. The zero-order valence-electron chi connectivity index (χ0n) is 45.2. The number of pyridine rings is 1. The van der Waals surface area contributed by atoms with E-state index in [0.29, 0.717) is 39.4 Å². The first-order valence-electron chi connectivity index (χ1n) is 26.6. The number of aromatic nitrogens is 7. The second-order valence-corrected chi connectivity index (χ2v) is 24.0. The number of hydrogen-bond donors (Lipinski definition) is 0. The molecule has 15 nitrogen and oxygen atoms in total. The van der Waals surface area contributed by atoms with Crippen LogP contribution >= 0.6 is 57.9 Å². The minimum atomic E-state index is -4.70. The molecule has 0 N–H and O–H groups in total. The predicted molar refractivity (Wildman–Crippen MR) is 341 cm³/mol. The lowest BCUT2D eigenvalue weighted by Crippen LogP contribution is -2.30. The van der Waals surface area contributed by atoms with Crippen LogP contribution in [0.15, 0.2) is 177 Å². The van der Waals surface area contributed by atoms with E-state index in [0.717, 1.165) is 136 Å². The lowest BCUT2D eigenvalue weighted by Gasteiger charge is -2.24. The highest BCUT2D eigenvalue weighted by Gasteiger charge is 2.32. The molecule has 23 heteroatoms. The molecule has 0 saturated carbocycles. The van der Waals surface area contributed by atoms with Gasteiger partial charge in [0.15, 0.2) is 5.82 Å². The highest BCUT2D eigenvalue weighted by atomic mass is 32.1. The van der Waals surface area contributed by atoms with Crippen LogP contribution in [0.25, 0.3) is 75.5 Å². The third-order valence-electron chi connectivity index (χ3n) is 14.9. The van der Waals surface area contributed by atoms with Gasteiger partial charge in [-0.1, -0.05) is 65.7 Å². The molecule has 14 rings (SSSR count). The van der Waals surface area contributed by atoms with Crippen LogP contribution in [0.2, 0.25) is 0 Å². The summed E-state index contributed by atoms with van der Waals surface area (Å²) in [5.41, 5.74) is 10.3. The summed E-state index contributed by atoms with van der Waals surface area (Å²) in [6, 6.07) is 52.4. The molecule has 0 fully saturated rings. The molecule has 0 aliphatic rings. The van der Waals surface area contributed by atoms with Crippen molar-refractivity contribution in [2.75, 3.05) is 9.80 Å². The fourth-order valence-electron chi connectivity index (χ4n) is 10.5. The number of thiophene rings is 2. The van der Waals surface area contributed by atoms with E-state index in [1.165, 1.54) is 22.5 Å². The van der Waals surface area contributed by atoms with Crippen LogP contribution in [0.4, 0.5) is 57.4 Å². The van der Waals surface area contributed by atoms with Crippen molar-refractivity contribution in [2.45, 2.75) is 32.9 Å². The van der Waals surface area contributed by atoms with Crippen LogP contribution in [0.5, 0.6) is 0 Å². The molecule has 0 atom stereocenters. The molecule has 0 aliphatic carbocycles. The monoisotopic (exact) mass is 1240 g/mol. The number of anilines is 6. The third-order valence-corrected chi connectivity index (χ3v) is 18.7. The van der Waals surface area contributed by atoms with E-state index in [2.05, 4.69) is 164 Å². The fourth-order valence-corrected chi connectivity index (χ4v) is 14.3. The van der Waals surface area contributed by atoms with Crippen LogP contribution in [0.3, 0.4) is 0 Å². The van der Waals surface area contributed by atoms with Gasteiger partial charge in [-0.15, -0.1) is 22.7 Å². The average Bonchev–Trinajstić information content (AvgIpc) is 2.32. The van der Waals surface area contributed by atoms with Gasteiger partial charge in [0.2, 0.25) is 11.1 Å². The summed E-state index contributed by atoms with van der Waals surface area (Å²) in [5.74, 6) is 0.0172. The van der Waals surface area contributed by atoms with E-state index in [1.807, 2.05) is 31.2 Å². The molecule has 420 valence electrons. The second kappa shape index (κ2) is 22.0. The van der Waals surface area contributed by atoms with Gasteiger partial charge >= 0.3 is 6.18 Å². The van der Waals surface area contributed by atoms with Gasteiger partial charge in [0.05, 0.1) is 46.4 Å². The Bertz CT molecular complexity index is 5330. The number of hydrogen-bond acceptors (Lipinski definition) is 20. The highest BCUT2D eigenvalue weighted by Crippen LogP contribution is 2.47. The summed E-state index contributed by atoms with van der Waals surface area (Å²) in [4.78, 5) is 45.5. The van der Waals surface area contributed by atoms with Gasteiger partial charge in [-0.05, 0) is 135 Å². The Balaban J connectivity index is 0.719. The molecule has 0 radical (unpaired) electrons. The van der Waals surface area contributed by atoms with Crippen molar-refractivity contribution in [2.24, 2.45) is 9.98 Å². The van der Waals surface area contributed by atoms with Crippen LogP contribution in [-0.4, -0.2) is 36.9 Å². The zero-order chi connectivity index (χ0) is 59.7. The lowest BCUT2D eigenvalue weighted by molar-refractivity contribution is -0.137. The maximum Gasteiger partial charge on any atom is 0.416 e. The molecular weight excluding hydrogens is 1200 g/mol. The Hall–Kier alpha value is -10.1. The molecule has 0 amide bonds. The van der Waals surface area contributed by atoms with Crippen molar-refractivity contribution in [1.82, 2.24) is 31.2 Å². The van der Waals surface area contributed by atoms with E-state index in [4.69, 9.17) is 8.75 Å². The van der Waals surface area contributed by atoms with Crippen molar-refractivity contribution >= 4 is 162 Å². The Kier molecular flexibility index (Phi) is 13.9. The smallest absolute Gasteiger partial charge is 0.302 e. The number of nitrogens with zero attached hydrogens (tertiary/aromatic N) is 13. The minimum absolute atomic E-state index is 0.000606. The topological polar surface area (TPSA) is 203 Å². The van der Waals surface area contributed by atoms with Crippen LogP contribution in [0.1, 0.15) is 27.8 Å². The fraction of sp³-hybridized carbons (Fsp3) is 0.0781. The summed E-state index contributed by atoms with van der Waals surface area (Å²) in [6.07, 6.45) is -1.51. The van der Waals surface area contributed by atoms with Crippen LogP contribution in [0, 0.1) is 36.5 Å². The van der Waals surface area contributed by atoms with Gasteiger partial charge in [0.1, 0.15) is 60.6 Å². The van der Waals surface area contributed by atoms with Gasteiger partial charge in [-0.25, -0.2) is 15.0 Å². The Labute approximate surface area is 511 Å². The predicted octanol–water partition coefficient (Wildman–Crippen LogP) is 16.2. The van der Waals surface area contributed by atoms with Crippen molar-refractivity contribution in [3.63, 3.8) is 0 Å². The second-order valence-electron chi connectivity index (χ2n) is 20.3. The first-order chi connectivity index (χ1) is 42.3. The average molecular weight is 1240 g/mol. The molecule has 0 saturated heterocycles.